The first-order valence-corrected chi connectivity index (χ1v) is 9.66. The second-order valence-corrected chi connectivity index (χ2v) is 7.52. The average molecular weight is 396 g/mol. The van der Waals surface area contributed by atoms with Crippen molar-refractivity contribution in [2.45, 2.75) is 6.42 Å². The zero-order valence-electron chi connectivity index (χ0n) is 16.6. The Balaban J connectivity index is 1.58. The second kappa shape index (κ2) is 7.67. The molecule has 9 heteroatoms. The fraction of sp³-hybridized carbons (Fsp3) is 0.400. The Hall–Kier alpha value is -3.20. The second-order valence-electron chi connectivity index (χ2n) is 7.52. The summed E-state index contributed by atoms with van der Waals surface area (Å²) in [5.41, 5.74) is 1.15. The van der Waals surface area contributed by atoms with Crippen LogP contribution in [0.5, 0.6) is 0 Å². The molecule has 3 heterocycles. The number of fused-ring (bicyclic) bond motifs is 3. The molecular weight excluding hydrogens is 372 g/mol. The van der Waals surface area contributed by atoms with E-state index in [1.807, 2.05) is 30.0 Å². The molecule has 1 aliphatic rings. The van der Waals surface area contributed by atoms with E-state index < -0.39 is 0 Å². The van der Waals surface area contributed by atoms with Gasteiger partial charge in [0.15, 0.2) is 5.69 Å². The molecule has 2 amide bonds. The number of aromatic nitrogens is 3. The van der Waals surface area contributed by atoms with Crippen LogP contribution in [-0.2, 0) is 4.79 Å². The highest BCUT2D eigenvalue weighted by Crippen LogP contribution is 2.15. The number of para-hydroxylation sites is 1. The van der Waals surface area contributed by atoms with Crippen molar-refractivity contribution in [3.63, 3.8) is 0 Å². The van der Waals surface area contributed by atoms with Crippen molar-refractivity contribution >= 4 is 28.4 Å². The van der Waals surface area contributed by atoms with Gasteiger partial charge in [-0.2, -0.15) is 5.10 Å². The molecule has 0 saturated carbocycles. The molecule has 0 radical (unpaired) electrons. The van der Waals surface area contributed by atoms with Crippen molar-refractivity contribution in [1.82, 2.24) is 29.3 Å². The van der Waals surface area contributed by atoms with E-state index in [-0.39, 0.29) is 23.1 Å². The lowest BCUT2D eigenvalue weighted by atomic mass is 10.2. The highest BCUT2D eigenvalue weighted by atomic mass is 16.2. The van der Waals surface area contributed by atoms with E-state index in [9.17, 15) is 14.4 Å². The van der Waals surface area contributed by atoms with E-state index in [1.54, 1.807) is 33.7 Å². The number of aromatic amines is 1. The Morgan fingerprint density at radius 3 is 2.76 bits per heavy atom. The number of hydrogen-bond acceptors (Lipinski definition) is 5. The number of amides is 2. The maximum atomic E-state index is 13.0. The van der Waals surface area contributed by atoms with Crippen molar-refractivity contribution in [2.24, 2.45) is 0 Å². The van der Waals surface area contributed by atoms with Crippen LogP contribution in [0.1, 0.15) is 16.9 Å². The lowest BCUT2D eigenvalue weighted by molar-refractivity contribution is -0.130. The van der Waals surface area contributed by atoms with E-state index in [0.717, 1.165) is 6.54 Å². The van der Waals surface area contributed by atoms with Gasteiger partial charge in [0.1, 0.15) is 5.65 Å². The molecule has 0 spiro atoms. The van der Waals surface area contributed by atoms with Crippen molar-refractivity contribution < 1.29 is 9.59 Å². The number of nitrogens with one attached hydrogen (secondary N) is 1. The van der Waals surface area contributed by atoms with Crippen LogP contribution in [0, 0.1) is 0 Å². The van der Waals surface area contributed by atoms with Gasteiger partial charge in [-0.25, -0.2) is 4.52 Å². The van der Waals surface area contributed by atoms with Crippen LogP contribution >= 0.6 is 0 Å². The summed E-state index contributed by atoms with van der Waals surface area (Å²) in [5.74, 6) is -0.173. The van der Waals surface area contributed by atoms with Crippen LogP contribution in [0.15, 0.2) is 35.1 Å². The van der Waals surface area contributed by atoms with Crippen LogP contribution in [0.3, 0.4) is 0 Å². The first-order valence-electron chi connectivity index (χ1n) is 9.66. The van der Waals surface area contributed by atoms with Crippen molar-refractivity contribution in [1.29, 1.82) is 0 Å². The molecule has 9 nitrogen and oxygen atoms in total. The van der Waals surface area contributed by atoms with Gasteiger partial charge in [-0.3, -0.25) is 14.4 Å². The van der Waals surface area contributed by atoms with E-state index in [4.69, 9.17) is 0 Å². The Kier molecular flexibility index (Phi) is 5.06. The molecule has 0 unspecified atom stereocenters. The predicted molar refractivity (Wildman–Crippen MR) is 109 cm³/mol. The molecule has 2 aromatic heterocycles. The number of benzene rings is 1. The largest absolute Gasteiger partial charge is 0.340 e. The van der Waals surface area contributed by atoms with Gasteiger partial charge in [0.05, 0.1) is 10.9 Å². The minimum Gasteiger partial charge on any atom is -0.340 e. The number of H-pyrrole nitrogens is 1. The first-order chi connectivity index (χ1) is 13.9. The molecule has 3 aromatic rings. The predicted octanol–water partition coefficient (Wildman–Crippen LogP) is 0.412. The Morgan fingerprint density at radius 2 is 1.97 bits per heavy atom. The quantitative estimate of drug-likeness (QED) is 0.690. The van der Waals surface area contributed by atoms with E-state index in [1.165, 1.54) is 0 Å². The van der Waals surface area contributed by atoms with Gasteiger partial charge >= 0.3 is 0 Å². The Bertz CT molecular complexity index is 1130. The van der Waals surface area contributed by atoms with Gasteiger partial charge < -0.3 is 19.7 Å². The zero-order chi connectivity index (χ0) is 20.5. The van der Waals surface area contributed by atoms with Crippen LogP contribution in [0.25, 0.3) is 16.6 Å². The lowest BCUT2D eigenvalue weighted by Gasteiger charge is -2.23. The third kappa shape index (κ3) is 3.73. The Morgan fingerprint density at radius 1 is 1.17 bits per heavy atom. The van der Waals surface area contributed by atoms with E-state index in [2.05, 4.69) is 10.1 Å². The van der Waals surface area contributed by atoms with Crippen LogP contribution < -0.4 is 5.56 Å². The van der Waals surface area contributed by atoms with Crippen molar-refractivity contribution in [3.05, 3.63) is 46.4 Å². The maximum Gasteiger partial charge on any atom is 0.274 e. The molecule has 29 heavy (non-hydrogen) atoms. The molecule has 1 N–H and O–H groups in total. The summed E-state index contributed by atoms with van der Waals surface area (Å²) in [6, 6.07) is 8.72. The van der Waals surface area contributed by atoms with Gasteiger partial charge in [0.2, 0.25) is 5.91 Å². The maximum absolute atomic E-state index is 13.0. The summed E-state index contributed by atoms with van der Waals surface area (Å²) >= 11 is 0. The third-order valence-corrected chi connectivity index (χ3v) is 5.24. The molecule has 152 valence electrons. The minimum atomic E-state index is -0.235. The monoisotopic (exact) mass is 396 g/mol. The van der Waals surface area contributed by atoms with Crippen LogP contribution in [0.4, 0.5) is 0 Å². The summed E-state index contributed by atoms with van der Waals surface area (Å²) in [7, 11) is 3.94. The Labute approximate surface area is 167 Å². The van der Waals surface area contributed by atoms with Crippen LogP contribution in [-0.4, -0.2) is 87.9 Å². The average Bonchev–Trinajstić information content (AvgIpc) is 3.04. The molecule has 1 aromatic carbocycles. The molecule has 4 rings (SSSR count). The van der Waals surface area contributed by atoms with Gasteiger partial charge in [-0.1, -0.05) is 12.1 Å². The highest BCUT2D eigenvalue weighted by molar-refractivity contribution is 5.94. The molecule has 1 saturated heterocycles. The molecular formula is C20H24N6O3. The van der Waals surface area contributed by atoms with Crippen molar-refractivity contribution in [3.8, 4) is 0 Å². The smallest absolute Gasteiger partial charge is 0.274 e. The third-order valence-electron chi connectivity index (χ3n) is 5.24. The normalized spacial score (nSPS) is 15.5. The van der Waals surface area contributed by atoms with Gasteiger partial charge in [-0.15, -0.1) is 0 Å². The minimum absolute atomic E-state index is 0.0625. The van der Waals surface area contributed by atoms with Gasteiger partial charge in [-0.05, 0) is 26.2 Å². The summed E-state index contributed by atoms with van der Waals surface area (Å²) in [4.78, 5) is 45.9. The zero-order valence-corrected chi connectivity index (χ0v) is 16.6. The molecule has 1 fully saturated rings. The van der Waals surface area contributed by atoms with Gasteiger partial charge in [0.25, 0.3) is 11.5 Å². The molecule has 0 atom stereocenters. The molecule has 0 aliphatic carbocycles. The first kappa shape index (κ1) is 19.1. The van der Waals surface area contributed by atoms with E-state index >= 15 is 0 Å². The summed E-state index contributed by atoms with van der Waals surface area (Å²) < 4.78 is 1.58. The van der Waals surface area contributed by atoms with Crippen LogP contribution in [0.2, 0.25) is 0 Å². The summed E-state index contributed by atoms with van der Waals surface area (Å²) in [6.07, 6.45) is 0.298. The SMILES string of the molecule is CN(C)CCN1CCN(C(=O)c2cc3[nH]c(=O)c4ccccc4n3n2)CCC1=O. The fourth-order valence-corrected chi connectivity index (χ4v) is 3.58. The molecule has 1 aliphatic heterocycles. The number of likely N-dealkylation sites (N-methyl/N-ethyl adjacent to an activating group) is 1. The summed E-state index contributed by atoms with van der Waals surface area (Å²) in [6.45, 7) is 2.76. The lowest BCUT2D eigenvalue weighted by Crippen LogP contribution is -2.39. The van der Waals surface area contributed by atoms with Crippen molar-refractivity contribution in [2.75, 3.05) is 46.8 Å². The van der Waals surface area contributed by atoms with E-state index in [0.29, 0.717) is 49.1 Å². The number of hydrogen-bond donors (Lipinski definition) is 1. The number of carbonyl (C=O) groups excluding carboxylic acids is 2. The number of rotatable bonds is 4. The topological polar surface area (TPSA) is 94.0 Å². The highest BCUT2D eigenvalue weighted by Gasteiger charge is 2.26. The fourth-order valence-electron chi connectivity index (χ4n) is 3.58. The number of carbonyl (C=O) groups is 2. The summed E-state index contributed by atoms with van der Waals surface area (Å²) in [5, 5.41) is 4.95. The molecule has 0 bridgehead atoms. The number of nitrogens with zero attached hydrogens (tertiary/aromatic N) is 5. The standard InChI is InChI=1S/C20H24N6O3/c1-23(2)9-10-24-11-12-25(8-7-18(24)27)20(29)15-13-17-21-19(28)14-5-3-4-6-16(14)26(17)22-15/h3-6,13H,7-12H2,1-2H3,(H,21,28). The van der Waals surface area contributed by atoms with Gasteiger partial charge in [0, 0.05) is 45.2 Å².